The first-order valence-corrected chi connectivity index (χ1v) is 10.8. The molecule has 3 rings (SSSR count). The maximum atomic E-state index is 15.2. The van der Waals surface area contributed by atoms with E-state index in [4.69, 9.17) is 28.9 Å². The zero-order chi connectivity index (χ0) is 21.4. The van der Waals surface area contributed by atoms with Crippen molar-refractivity contribution < 1.29 is 14.0 Å². The van der Waals surface area contributed by atoms with Crippen molar-refractivity contribution in [3.05, 3.63) is 33.6 Å². The van der Waals surface area contributed by atoms with Crippen LogP contribution in [0.3, 0.4) is 0 Å². The smallest absolute Gasteiger partial charge is 0.314 e. The summed E-state index contributed by atoms with van der Waals surface area (Å²) in [5, 5.41) is 5.81. The Morgan fingerprint density at radius 2 is 1.90 bits per heavy atom. The second-order valence-electron chi connectivity index (χ2n) is 8.73. The third-order valence-electron chi connectivity index (χ3n) is 6.97. The van der Waals surface area contributed by atoms with Crippen molar-refractivity contribution >= 4 is 35.1 Å². The van der Waals surface area contributed by atoms with Crippen LogP contribution in [-0.2, 0) is 4.79 Å². The van der Waals surface area contributed by atoms with E-state index in [1.54, 1.807) is 0 Å². The molecule has 0 aromatic heterocycles. The van der Waals surface area contributed by atoms with Gasteiger partial charge in [0.1, 0.15) is 5.82 Å². The molecule has 2 unspecified atom stereocenters. The summed E-state index contributed by atoms with van der Waals surface area (Å²) in [6.45, 7) is 2.09. The molecule has 160 valence electrons. The van der Waals surface area contributed by atoms with Crippen LogP contribution in [0.4, 0.5) is 9.18 Å². The molecule has 8 heteroatoms. The molecule has 1 aromatic rings. The fourth-order valence-electron chi connectivity index (χ4n) is 5.66. The Morgan fingerprint density at radius 3 is 2.48 bits per heavy atom. The Kier molecular flexibility index (Phi) is 6.35. The highest BCUT2D eigenvalue weighted by Gasteiger charge is 2.58. The SMILES string of the molecule is CNC(=O)NC1CCC(C(N)=O)([C@H](c2c(F)ccc(Cl)c2Cl)C2(C)CCCC2)C1. The van der Waals surface area contributed by atoms with Crippen LogP contribution in [0, 0.1) is 16.6 Å². The average molecular weight is 444 g/mol. The summed E-state index contributed by atoms with van der Waals surface area (Å²) in [6, 6.07) is 2.19. The Hall–Kier alpha value is -1.53. The monoisotopic (exact) mass is 443 g/mol. The molecule has 2 aliphatic rings. The van der Waals surface area contributed by atoms with E-state index in [1.807, 2.05) is 0 Å². The maximum absolute atomic E-state index is 15.2. The van der Waals surface area contributed by atoms with Crippen LogP contribution in [0.25, 0.3) is 0 Å². The molecular weight excluding hydrogens is 416 g/mol. The summed E-state index contributed by atoms with van der Waals surface area (Å²) in [5.74, 6) is -1.47. The van der Waals surface area contributed by atoms with Gasteiger partial charge in [-0.3, -0.25) is 4.79 Å². The first-order chi connectivity index (χ1) is 13.6. The van der Waals surface area contributed by atoms with Gasteiger partial charge in [0.25, 0.3) is 0 Å². The summed E-state index contributed by atoms with van der Waals surface area (Å²) in [4.78, 5) is 24.8. The predicted octanol–water partition coefficient (Wildman–Crippen LogP) is 4.75. The average Bonchev–Trinajstić information content (AvgIpc) is 3.29. The van der Waals surface area contributed by atoms with Crippen molar-refractivity contribution in [3.63, 3.8) is 0 Å². The van der Waals surface area contributed by atoms with Gasteiger partial charge in [0.15, 0.2) is 0 Å². The molecule has 0 spiro atoms. The van der Waals surface area contributed by atoms with Gasteiger partial charge in [-0.15, -0.1) is 0 Å². The number of urea groups is 1. The lowest BCUT2D eigenvalue weighted by Gasteiger charge is -2.46. The Bertz CT molecular complexity index is 813. The zero-order valence-corrected chi connectivity index (χ0v) is 18.3. The number of hydrogen-bond donors (Lipinski definition) is 3. The number of hydrogen-bond acceptors (Lipinski definition) is 2. The third kappa shape index (κ3) is 3.93. The molecule has 0 aliphatic heterocycles. The van der Waals surface area contributed by atoms with E-state index in [-0.39, 0.29) is 33.1 Å². The summed E-state index contributed by atoms with van der Waals surface area (Å²) in [6.07, 6.45) is 5.09. The van der Waals surface area contributed by atoms with Crippen LogP contribution in [-0.4, -0.2) is 25.0 Å². The summed E-state index contributed by atoms with van der Waals surface area (Å²) in [5.41, 5.74) is 4.92. The molecular formula is C21H28Cl2FN3O2. The molecule has 3 amide bonds. The minimum Gasteiger partial charge on any atom is -0.369 e. The van der Waals surface area contributed by atoms with Gasteiger partial charge in [0.2, 0.25) is 5.91 Å². The number of primary amides is 1. The highest BCUT2D eigenvalue weighted by atomic mass is 35.5. The summed E-state index contributed by atoms with van der Waals surface area (Å²) >= 11 is 12.8. The normalized spacial score (nSPS) is 26.9. The second kappa shape index (κ2) is 8.31. The van der Waals surface area contributed by atoms with E-state index in [9.17, 15) is 9.59 Å². The van der Waals surface area contributed by atoms with Crippen molar-refractivity contribution in [1.29, 1.82) is 0 Å². The Balaban J connectivity index is 2.14. The van der Waals surface area contributed by atoms with Crippen LogP contribution in [0.1, 0.15) is 63.4 Å². The molecule has 2 aliphatic carbocycles. The molecule has 0 bridgehead atoms. The van der Waals surface area contributed by atoms with Crippen LogP contribution in [0.2, 0.25) is 10.0 Å². The highest BCUT2D eigenvalue weighted by Crippen LogP contribution is 2.62. The maximum Gasteiger partial charge on any atom is 0.314 e. The number of amides is 3. The van der Waals surface area contributed by atoms with E-state index in [1.165, 1.54) is 19.2 Å². The summed E-state index contributed by atoms with van der Waals surface area (Å²) in [7, 11) is 1.54. The molecule has 0 radical (unpaired) electrons. The Morgan fingerprint density at radius 1 is 1.24 bits per heavy atom. The van der Waals surface area contributed by atoms with Gasteiger partial charge in [-0.2, -0.15) is 0 Å². The molecule has 3 atom stereocenters. The van der Waals surface area contributed by atoms with Gasteiger partial charge in [0.05, 0.1) is 15.5 Å². The minimum atomic E-state index is -1.01. The fourth-order valence-corrected chi connectivity index (χ4v) is 6.08. The second-order valence-corrected chi connectivity index (χ2v) is 9.52. The van der Waals surface area contributed by atoms with Crippen molar-refractivity contribution in [3.8, 4) is 0 Å². The molecule has 5 nitrogen and oxygen atoms in total. The first-order valence-electron chi connectivity index (χ1n) is 10.1. The molecule has 0 heterocycles. The number of nitrogens with one attached hydrogen (secondary N) is 2. The Labute approximate surface area is 180 Å². The van der Waals surface area contributed by atoms with E-state index in [2.05, 4.69) is 17.6 Å². The molecule has 0 saturated heterocycles. The molecule has 4 N–H and O–H groups in total. The first kappa shape index (κ1) is 22.2. The van der Waals surface area contributed by atoms with Crippen molar-refractivity contribution in [2.24, 2.45) is 16.6 Å². The predicted molar refractivity (Wildman–Crippen MR) is 113 cm³/mol. The number of carbonyl (C=O) groups excluding carboxylic acids is 2. The minimum absolute atomic E-state index is 0.146. The van der Waals surface area contributed by atoms with E-state index < -0.39 is 23.1 Å². The third-order valence-corrected chi connectivity index (χ3v) is 7.78. The van der Waals surface area contributed by atoms with E-state index >= 15 is 4.39 Å². The van der Waals surface area contributed by atoms with Crippen molar-refractivity contribution in [1.82, 2.24) is 10.6 Å². The number of rotatable bonds is 5. The highest BCUT2D eigenvalue weighted by molar-refractivity contribution is 6.42. The molecule has 1 aromatic carbocycles. The van der Waals surface area contributed by atoms with Gasteiger partial charge in [-0.05, 0) is 49.7 Å². The van der Waals surface area contributed by atoms with Crippen LogP contribution >= 0.6 is 23.2 Å². The van der Waals surface area contributed by atoms with Gasteiger partial charge < -0.3 is 16.4 Å². The van der Waals surface area contributed by atoms with Gasteiger partial charge >= 0.3 is 6.03 Å². The topological polar surface area (TPSA) is 84.2 Å². The molecule has 2 fully saturated rings. The summed E-state index contributed by atoms with van der Waals surface area (Å²) < 4.78 is 15.2. The quantitative estimate of drug-likeness (QED) is 0.573. The fraction of sp³-hybridized carbons (Fsp3) is 0.619. The van der Waals surface area contributed by atoms with Gasteiger partial charge in [-0.25, -0.2) is 9.18 Å². The number of nitrogens with two attached hydrogens (primary N) is 1. The lowest BCUT2D eigenvalue weighted by Crippen LogP contribution is -2.48. The zero-order valence-electron chi connectivity index (χ0n) is 16.8. The van der Waals surface area contributed by atoms with Gasteiger partial charge in [-0.1, -0.05) is 43.0 Å². The van der Waals surface area contributed by atoms with E-state index in [0.29, 0.717) is 19.3 Å². The van der Waals surface area contributed by atoms with Crippen molar-refractivity contribution in [2.45, 2.75) is 63.8 Å². The van der Waals surface area contributed by atoms with E-state index in [0.717, 1.165) is 25.7 Å². The number of halogens is 3. The number of benzene rings is 1. The van der Waals surface area contributed by atoms with Crippen LogP contribution in [0.5, 0.6) is 0 Å². The molecule has 2 saturated carbocycles. The largest absolute Gasteiger partial charge is 0.369 e. The van der Waals surface area contributed by atoms with Crippen molar-refractivity contribution in [2.75, 3.05) is 7.05 Å². The van der Waals surface area contributed by atoms with Crippen LogP contribution < -0.4 is 16.4 Å². The molecule has 29 heavy (non-hydrogen) atoms. The number of carbonyl (C=O) groups is 2. The van der Waals surface area contributed by atoms with Crippen LogP contribution in [0.15, 0.2) is 12.1 Å². The van der Waals surface area contributed by atoms with Gasteiger partial charge in [0, 0.05) is 24.6 Å². The lowest BCUT2D eigenvalue weighted by molar-refractivity contribution is -0.131. The standard InChI is InChI=1S/C21H28Cl2FN3O2/c1-20(8-3-4-9-20)17(15-14(24)6-5-13(22)16(15)23)21(18(25)28)10-7-12(11-21)27-19(29)26-2/h5-6,12,17H,3-4,7-11H2,1-2H3,(H2,25,28)(H2,26,27,29)/t12?,17-,21?/m1/s1. The lowest BCUT2D eigenvalue weighted by atomic mass is 9.57.